The van der Waals surface area contributed by atoms with Crippen LogP contribution in [0, 0.1) is 0 Å². The molecule has 0 aliphatic carbocycles. The summed E-state index contributed by atoms with van der Waals surface area (Å²) in [7, 11) is 0. The molecule has 0 spiro atoms. The molecule has 0 fully saturated rings. The first-order valence-corrected chi connectivity index (χ1v) is 8.46. The second-order valence-electron chi connectivity index (χ2n) is 5.82. The number of hydrogen-bond acceptors (Lipinski definition) is 3. The van der Waals surface area contributed by atoms with Gasteiger partial charge in [-0.1, -0.05) is 40.2 Å². The second kappa shape index (κ2) is 5.94. The fraction of sp³-hybridized carbons (Fsp3) is 0.333. The van der Waals surface area contributed by atoms with E-state index in [0.717, 1.165) is 42.0 Å². The SMILES string of the molecule is Brc1cc2c(cc1CN1CCc3ccccc3C1)OCCO2. The Morgan fingerprint density at radius 2 is 1.73 bits per heavy atom. The average Bonchev–Trinajstić information content (AvgIpc) is 2.55. The number of rotatable bonds is 2. The highest BCUT2D eigenvalue weighted by atomic mass is 79.9. The third kappa shape index (κ3) is 2.73. The molecule has 2 heterocycles. The number of ether oxygens (including phenoxy) is 2. The molecule has 0 atom stereocenters. The zero-order valence-electron chi connectivity index (χ0n) is 12.3. The van der Waals surface area contributed by atoms with Crippen molar-refractivity contribution in [2.75, 3.05) is 19.8 Å². The Kier molecular flexibility index (Phi) is 3.80. The molecule has 0 aromatic heterocycles. The number of nitrogens with zero attached hydrogens (tertiary/aromatic N) is 1. The molecule has 22 heavy (non-hydrogen) atoms. The van der Waals surface area contributed by atoms with Gasteiger partial charge in [0.15, 0.2) is 11.5 Å². The van der Waals surface area contributed by atoms with Crippen molar-refractivity contribution < 1.29 is 9.47 Å². The van der Waals surface area contributed by atoms with Crippen molar-refractivity contribution in [1.82, 2.24) is 4.90 Å². The van der Waals surface area contributed by atoms with Crippen LogP contribution in [0.3, 0.4) is 0 Å². The van der Waals surface area contributed by atoms with Gasteiger partial charge in [-0.2, -0.15) is 0 Å². The molecule has 4 rings (SSSR count). The zero-order chi connectivity index (χ0) is 14.9. The molecule has 0 saturated carbocycles. The maximum absolute atomic E-state index is 5.70. The molecule has 2 aliphatic rings. The Balaban J connectivity index is 1.54. The van der Waals surface area contributed by atoms with Crippen molar-refractivity contribution >= 4 is 15.9 Å². The Hall–Kier alpha value is -1.52. The molecule has 3 nitrogen and oxygen atoms in total. The lowest BCUT2D eigenvalue weighted by Gasteiger charge is -2.29. The van der Waals surface area contributed by atoms with Crippen LogP contribution in [0.25, 0.3) is 0 Å². The minimum atomic E-state index is 0.627. The van der Waals surface area contributed by atoms with Crippen LogP contribution in [-0.4, -0.2) is 24.7 Å². The van der Waals surface area contributed by atoms with E-state index in [1.54, 1.807) is 0 Å². The van der Waals surface area contributed by atoms with Crippen LogP contribution < -0.4 is 9.47 Å². The summed E-state index contributed by atoms with van der Waals surface area (Å²) in [6.45, 7) is 4.29. The van der Waals surface area contributed by atoms with Crippen molar-refractivity contribution in [1.29, 1.82) is 0 Å². The van der Waals surface area contributed by atoms with Crippen molar-refractivity contribution in [2.24, 2.45) is 0 Å². The predicted octanol–water partition coefficient (Wildman–Crippen LogP) is 3.78. The lowest BCUT2D eigenvalue weighted by atomic mass is 9.99. The molecule has 2 aliphatic heterocycles. The first-order chi connectivity index (χ1) is 10.8. The van der Waals surface area contributed by atoms with E-state index in [4.69, 9.17) is 9.47 Å². The van der Waals surface area contributed by atoms with Gasteiger partial charge in [-0.05, 0) is 35.2 Å². The first kappa shape index (κ1) is 14.1. The van der Waals surface area contributed by atoms with Crippen molar-refractivity contribution in [3.63, 3.8) is 0 Å². The first-order valence-electron chi connectivity index (χ1n) is 7.67. The van der Waals surface area contributed by atoms with E-state index >= 15 is 0 Å². The lowest BCUT2D eigenvalue weighted by Crippen LogP contribution is -2.30. The standard InChI is InChI=1S/C18H18BrNO2/c19-16-10-18-17(21-7-8-22-18)9-15(16)12-20-6-5-13-3-1-2-4-14(13)11-20/h1-4,9-10H,5-8,11-12H2. The van der Waals surface area contributed by atoms with Crippen LogP contribution >= 0.6 is 15.9 Å². The molecular formula is C18H18BrNO2. The van der Waals surface area contributed by atoms with E-state index in [-0.39, 0.29) is 0 Å². The third-order valence-corrected chi connectivity index (χ3v) is 5.05. The Labute approximate surface area is 139 Å². The number of benzene rings is 2. The molecule has 0 N–H and O–H groups in total. The maximum Gasteiger partial charge on any atom is 0.162 e. The normalized spacial score (nSPS) is 17.1. The Morgan fingerprint density at radius 1 is 1.00 bits per heavy atom. The molecular weight excluding hydrogens is 342 g/mol. The monoisotopic (exact) mass is 359 g/mol. The highest BCUT2D eigenvalue weighted by Crippen LogP contribution is 2.36. The second-order valence-corrected chi connectivity index (χ2v) is 6.67. The average molecular weight is 360 g/mol. The molecule has 2 aromatic rings. The van der Waals surface area contributed by atoms with E-state index in [2.05, 4.69) is 51.2 Å². The Bertz CT molecular complexity index is 701. The Morgan fingerprint density at radius 3 is 2.55 bits per heavy atom. The van der Waals surface area contributed by atoms with E-state index in [1.165, 1.54) is 16.7 Å². The third-order valence-electron chi connectivity index (χ3n) is 4.31. The fourth-order valence-electron chi connectivity index (χ4n) is 3.16. The van der Waals surface area contributed by atoms with Crippen LogP contribution in [-0.2, 0) is 19.5 Å². The van der Waals surface area contributed by atoms with Gasteiger partial charge in [-0.25, -0.2) is 0 Å². The maximum atomic E-state index is 5.70. The molecule has 0 radical (unpaired) electrons. The topological polar surface area (TPSA) is 21.7 Å². The summed E-state index contributed by atoms with van der Waals surface area (Å²) in [5.41, 5.74) is 4.19. The number of halogens is 1. The summed E-state index contributed by atoms with van der Waals surface area (Å²) >= 11 is 3.67. The van der Waals surface area contributed by atoms with E-state index in [1.807, 2.05) is 6.07 Å². The lowest BCUT2D eigenvalue weighted by molar-refractivity contribution is 0.170. The van der Waals surface area contributed by atoms with Crippen LogP contribution in [0.1, 0.15) is 16.7 Å². The molecule has 0 bridgehead atoms. The van der Waals surface area contributed by atoms with Crippen molar-refractivity contribution in [3.8, 4) is 11.5 Å². The van der Waals surface area contributed by atoms with Gasteiger partial charge in [0.05, 0.1) is 0 Å². The summed E-state index contributed by atoms with van der Waals surface area (Å²) in [5, 5.41) is 0. The predicted molar refractivity (Wildman–Crippen MR) is 89.4 cm³/mol. The van der Waals surface area contributed by atoms with Crippen LogP contribution in [0.4, 0.5) is 0 Å². The van der Waals surface area contributed by atoms with E-state index < -0.39 is 0 Å². The summed E-state index contributed by atoms with van der Waals surface area (Å²) in [4.78, 5) is 2.48. The van der Waals surface area contributed by atoms with E-state index in [0.29, 0.717) is 13.2 Å². The summed E-state index contributed by atoms with van der Waals surface area (Å²) < 4.78 is 12.4. The van der Waals surface area contributed by atoms with Gasteiger partial charge in [0.1, 0.15) is 13.2 Å². The largest absolute Gasteiger partial charge is 0.486 e. The van der Waals surface area contributed by atoms with Gasteiger partial charge >= 0.3 is 0 Å². The molecule has 114 valence electrons. The van der Waals surface area contributed by atoms with Crippen LogP contribution in [0.5, 0.6) is 11.5 Å². The minimum absolute atomic E-state index is 0.627. The summed E-state index contributed by atoms with van der Waals surface area (Å²) in [5.74, 6) is 1.70. The number of hydrogen-bond donors (Lipinski definition) is 0. The highest BCUT2D eigenvalue weighted by molar-refractivity contribution is 9.10. The van der Waals surface area contributed by atoms with Crippen LogP contribution in [0.15, 0.2) is 40.9 Å². The zero-order valence-corrected chi connectivity index (χ0v) is 13.9. The smallest absolute Gasteiger partial charge is 0.162 e. The minimum Gasteiger partial charge on any atom is -0.486 e. The molecule has 0 saturated heterocycles. The van der Waals surface area contributed by atoms with Gasteiger partial charge in [-0.15, -0.1) is 0 Å². The highest BCUT2D eigenvalue weighted by Gasteiger charge is 2.19. The van der Waals surface area contributed by atoms with E-state index in [9.17, 15) is 0 Å². The van der Waals surface area contributed by atoms with Gasteiger partial charge in [0.2, 0.25) is 0 Å². The van der Waals surface area contributed by atoms with Gasteiger partial charge in [0, 0.05) is 24.1 Å². The quantitative estimate of drug-likeness (QED) is 0.814. The van der Waals surface area contributed by atoms with Crippen molar-refractivity contribution in [3.05, 3.63) is 57.6 Å². The van der Waals surface area contributed by atoms with Crippen LogP contribution in [0.2, 0.25) is 0 Å². The van der Waals surface area contributed by atoms with Gasteiger partial charge in [0.25, 0.3) is 0 Å². The summed E-state index contributed by atoms with van der Waals surface area (Å²) in [6, 6.07) is 12.9. The number of fused-ring (bicyclic) bond motifs is 2. The fourth-order valence-corrected chi connectivity index (χ4v) is 3.61. The molecule has 0 amide bonds. The molecule has 2 aromatic carbocycles. The molecule has 0 unspecified atom stereocenters. The molecule has 4 heteroatoms. The summed E-state index contributed by atoms with van der Waals surface area (Å²) in [6.07, 6.45) is 1.12. The van der Waals surface area contributed by atoms with Gasteiger partial charge in [-0.3, -0.25) is 4.90 Å². The van der Waals surface area contributed by atoms with Gasteiger partial charge < -0.3 is 9.47 Å². The van der Waals surface area contributed by atoms with Crippen molar-refractivity contribution in [2.45, 2.75) is 19.5 Å².